The van der Waals surface area contributed by atoms with Gasteiger partial charge in [0.1, 0.15) is 0 Å². The van der Waals surface area contributed by atoms with Crippen molar-refractivity contribution in [1.29, 1.82) is 0 Å². The van der Waals surface area contributed by atoms with E-state index >= 15 is 0 Å². The number of rotatable bonds is 2. The van der Waals surface area contributed by atoms with E-state index in [1.165, 1.54) is 0 Å². The van der Waals surface area contributed by atoms with E-state index in [1.807, 2.05) is 37.4 Å². The van der Waals surface area contributed by atoms with E-state index in [9.17, 15) is 5.11 Å². The van der Waals surface area contributed by atoms with E-state index in [4.69, 9.17) is 18.2 Å². The summed E-state index contributed by atoms with van der Waals surface area (Å²) in [7, 11) is 0. The van der Waals surface area contributed by atoms with Crippen LogP contribution in [0.5, 0.6) is 5.88 Å². The lowest BCUT2D eigenvalue weighted by Crippen LogP contribution is -1.96. The number of fused-ring (bicyclic) bond motifs is 1. The van der Waals surface area contributed by atoms with Crippen molar-refractivity contribution in [2.45, 2.75) is 13.5 Å². The maximum atomic E-state index is 10.4. The average Bonchev–Trinajstić information content (AvgIpc) is 2.78. The minimum atomic E-state index is 0.231. The predicted molar refractivity (Wildman–Crippen MR) is 85.2 cm³/mol. The minimum absolute atomic E-state index is 0.231. The van der Waals surface area contributed by atoms with Crippen LogP contribution in [0.3, 0.4) is 0 Å². The number of aryl methyl sites for hydroxylation is 1. The SMILES string of the molecule is [C-]#[N+]c1cc(C)c2c(O)n(Cc3ccc(Cl)cc3)cc2c1. The van der Waals surface area contributed by atoms with E-state index in [0.29, 0.717) is 17.3 Å². The van der Waals surface area contributed by atoms with Crippen molar-refractivity contribution in [1.82, 2.24) is 4.57 Å². The summed E-state index contributed by atoms with van der Waals surface area (Å²) in [4.78, 5) is 3.46. The summed E-state index contributed by atoms with van der Waals surface area (Å²) in [6.07, 6.45) is 1.88. The van der Waals surface area contributed by atoms with Gasteiger partial charge in [-0.25, -0.2) is 4.85 Å². The second kappa shape index (κ2) is 5.16. The largest absolute Gasteiger partial charge is 0.494 e. The van der Waals surface area contributed by atoms with Crippen molar-refractivity contribution >= 4 is 28.1 Å². The first-order valence-corrected chi connectivity index (χ1v) is 6.90. The van der Waals surface area contributed by atoms with Crippen molar-refractivity contribution in [2.75, 3.05) is 0 Å². The zero-order chi connectivity index (χ0) is 15.0. The van der Waals surface area contributed by atoms with Crippen molar-refractivity contribution in [3.63, 3.8) is 0 Å². The lowest BCUT2D eigenvalue weighted by molar-refractivity contribution is 0.430. The van der Waals surface area contributed by atoms with Crippen LogP contribution in [-0.2, 0) is 6.54 Å². The molecule has 0 aliphatic carbocycles. The number of aromatic nitrogens is 1. The van der Waals surface area contributed by atoms with Gasteiger partial charge < -0.3 is 9.67 Å². The fourth-order valence-electron chi connectivity index (χ4n) is 2.55. The molecular formula is C17H13ClN2O. The zero-order valence-corrected chi connectivity index (χ0v) is 12.2. The Morgan fingerprint density at radius 1 is 1.24 bits per heavy atom. The Morgan fingerprint density at radius 3 is 2.62 bits per heavy atom. The molecule has 0 aliphatic heterocycles. The van der Waals surface area contributed by atoms with Crippen LogP contribution in [0.25, 0.3) is 15.6 Å². The molecule has 0 saturated heterocycles. The summed E-state index contributed by atoms with van der Waals surface area (Å²) in [6, 6.07) is 11.1. The molecule has 0 spiro atoms. The summed E-state index contributed by atoms with van der Waals surface area (Å²) in [5.74, 6) is 0.231. The van der Waals surface area contributed by atoms with Crippen LogP contribution in [0.15, 0.2) is 42.6 Å². The molecule has 104 valence electrons. The third-order valence-corrected chi connectivity index (χ3v) is 3.79. The Morgan fingerprint density at radius 2 is 1.95 bits per heavy atom. The normalized spacial score (nSPS) is 10.7. The van der Waals surface area contributed by atoms with Gasteiger partial charge in [-0.1, -0.05) is 29.8 Å². The summed E-state index contributed by atoms with van der Waals surface area (Å²) in [6.45, 7) is 9.58. The predicted octanol–water partition coefficient (Wildman–Crippen LogP) is 4.91. The van der Waals surface area contributed by atoms with Crippen LogP contribution >= 0.6 is 11.6 Å². The number of hydrogen-bond acceptors (Lipinski definition) is 1. The molecule has 0 atom stereocenters. The van der Waals surface area contributed by atoms with Crippen molar-refractivity contribution in [3.05, 3.63) is 70.2 Å². The third-order valence-electron chi connectivity index (χ3n) is 3.54. The first-order valence-electron chi connectivity index (χ1n) is 6.53. The summed E-state index contributed by atoms with van der Waals surface area (Å²) >= 11 is 5.88. The van der Waals surface area contributed by atoms with Crippen LogP contribution < -0.4 is 0 Å². The highest BCUT2D eigenvalue weighted by molar-refractivity contribution is 6.30. The second-order valence-corrected chi connectivity index (χ2v) is 5.48. The number of hydrogen-bond donors (Lipinski definition) is 1. The van der Waals surface area contributed by atoms with Gasteiger partial charge >= 0.3 is 0 Å². The molecule has 1 N–H and O–H groups in total. The quantitative estimate of drug-likeness (QED) is 0.669. The first kappa shape index (κ1) is 13.5. The highest BCUT2D eigenvalue weighted by Gasteiger charge is 2.12. The Bertz CT molecular complexity index is 857. The Kier molecular flexibility index (Phi) is 3.32. The van der Waals surface area contributed by atoms with E-state index in [0.717, 1.165) is 21.9 Å². The minimum Gasteiger partial charge on any atom is -0.494 e. The number of nitrogens with zero attached hydrogens (tertiary/aromatic N) is 2. The van der Waals surface area contributed by atoms with Gasteiger partial charge in [0.2, 0.25) is 0 Å². The average molecular weight is 297 g/mol. The van der Waals surface area contributed by atoms with Gasteiger partial charge in [-0.3, -0.25) is 0 Å². The molecule has 0 amide bonds. The van der Waals surface area contributed by atoms with Gasteiger partial charge in [0.15, 0.2) is 11.6 Å². The van der Waals surface area contributed by atoms with Gasteiger partial charge in [-0.2, -0.15) is 0 Å². The Hall–Kier alpha value is -2.44. The van der Waals surface area contributed by atoms with E-state index in [-0.39, 0.29) is 5.88 Å². The van der Waals surface area contributed by atoms with Gasteiger partial charge in [0, 0.05) is 16.6 Å². The number of aromatic hydroxyl groups is 1. The Labute approximate surface area is 127 Å². The highest BCUT2D eigenvalue weighted by atomic mass is 35.5. The van der Waals surface area contributed by atoms with Gasteiger partial charge in [-0.15, -0.1) is 0 Å². The summed E-state index contributed by atoms with van der Waals surface area (Å²) in [5.41, 5.74) is 2.55. The van der Waals surface area contributed by atoms with Gasteiger partial charge in [0.25, 0.3) is 0 Å². The molecule has 3 rings (SSSR count). The lowest BCUT2D eigenvalue weighted by Gasteiger charge is -2.05. The van der Waals surface area contributed by atoms with E-state index in [2.05, 4.69) is 4.85 Å². The zero-order valence-electron chi connectivity index (χ0n) is 11.5. The maximum Gasteiger partial charge on any atom is 0.199 e. The molecule has 3 aromatic rings. The second-order valence-electron chi connectivity index (χ2n) is 5.05. The molecule has 0 fully saturated rings. The molecule has 0 radical (unpaired) electrons. The molecule has 1 heterocycles. The maximum absolute atomic E-state index is 10.4. The molecule has 2 aromatic carbocycles. The Balaban J connectivity index is 2.07. The van der Waals surface area contributed by atoms with E-state index in [1.54, 1.807) is 16.7 Å². The van der Waals surface area contributed by atoms with Gasteiger partial charge in [0.05, 0.1) is 13.1 Å². The van der Waals surface area contributed by atoms with Crippen molar-refractivity contribution < 1.29 is 5.11 Å². The van der Waals surface area contributed by atoms with Crippen molar-refractivity contribution in [3.8, 4) is 5.88 Å². The fourth-order valence-corrected chi connectivity index (χ4v) is 2.67. The van der Waals surface area contributed by atoms with Crippen LogP contribution in [0.2, 0.25) is 5.02 Å². The topological polar surface area (TPSA) is 29.5 Å². The van der Waals surface area contributed by atoms with Gasteiger partial charge in [-0.05, 0) is 41.6 Å². The summed E-state index contributed by atoms with van der Waals surface area (Å²) < 4.78 is 1.79. The molecular weight excluding hydrogens is 284 g/mol. The highest BCUT2D eigenvalue weighted by Crippen LogP contribution is 2.34. The molecule has 0 aliphatic rings. The fraction of sp³-hybridized carbons (Fsp3) is 0.118. The molecule has 4 heteroatoms. The molecule has 1 aromatic heterocycles. The molecule has 0 bridgehead atoms. The molecule has 0 unspecified atom stereocenters. The van der Waals surface area contributed by atoms with Crippen LogP contribution in [0, 0.1) is 13.5 Å². The number of benzene rings is 2. The first-order chi connectivity index (χ1) is 10.1. The third kappa shape index (κ3) is 2.46. The summed E-state index contributed by atoms with van der Waals surface area (Å²) in [5, 5.41) is 12.8. The monoisotopic (exact) mass is 296 g/mol. The van der Waals surface area contributed by atoms with Crippen molar-refractivity contribution in [2.24, 2.45) is 0 Å². The van der Waals surface area contributed by atoms with E-state index < -0.39 is 0 Å². The standard InChI is InChI=1S/C17H13ClN2O/c1-11-7-15(19-2)8-13-10-20(17(21)16(11)13)9-12-3-5-14(18)6-4-12/h3-8,10,21H,9H2,1H3. The molecule has 0 saturated carbocycles. The molecule has 21 heavy (non-hydrogen) atoms. The van der Waals surface area contributed by atoms with Crippen LogP contribution in [0.4, 0.5) is 5.69 Å². The number of halogens is 1. The molecule has 3 nitrogen and oxygen atoms in total. The lowest BCUT2D eigenvalue weighted by atomic mass is 10.1. The van der Waals surface area contributed by atoms with Crippen LogP contribution in [-0.4, -0.2) is 9.67 Å². The smallest absolute Gasteiger partial charge is 0.199 e. The van der Waals surface area contributed by atoms with Crippen LogP contribution in [0.1, 0.15) is 11.1 Å².